The van der Waals surface area contributed by atoms with Crippen molar-refractivity contribution in [2.45, 2.75) is 86.2 Å². The van der Waals surface area contributed by atoms with Crippen LogP contribution in [0.1, 0.15) is 18.4 Å². The molecule has 0 saturated carbocycles. The van der Waals surface area contributed by atoms with Crippen molar-refractivity contribution in [1.82, 2.24) is 10.6 Å². The molecular weight excluding hydrogens is 688 g/mol. The monoisotopic (exact) mass is 732 g/mol. The number of carbonyl (C=O) groups is 3. The number of hydrogen-bond donors (Lipinski definition) is 10. The third-order valence-corrected chi connectivity index (χ3v) is 8.71. The van der Waals surface area contributed by atoms with E-state index in [1.54, 1.807) is 12.1 Å². The quantitative estimate of drug-likeness (QED) is 0.0609. The zero-order chi connectivity index (χ0) is 38.0. The van der Waals surface area contributed by atoms with Crippen molar-refractivity contribution >= 4 is 17.8 Å². The molecular formula is C35H44N2O15. The first-order valence-electron chi connectivity index (χ1n) is 16.5. The molecule has 2 heterocycles. The number of carboxylic acid groups (broad SMARTS) is 1. The fraction of sp³-hybridized carbons (Fsp3) is 0.514. The first-order valence-corrected chi connectivity index (χ1v) is 16.5. The molecule has 10 N–H and O–H groups in total. The van der Waals surface area contributed by atoms with Gasteiger partial charge in [-0.2, -0.15) is 0 Å². The maximum Gasteiger partial charge on any atom is 0.364 e. The Balaban J connectivity index is 1.44. The molecule has 11 atom stereocenters. The van der Waals surface area contributed by atoms with Gasteiger partial charge in [-0.15, -0.1) is 12.3 Å². The molecule has 2 aromatic rings. The van der Waals surface area contributed by atoms with Gasteiger partial charge in [0.25, 0.3) is 5.79 Å². The van der Waals surface area contributed by atoms with Gasteiger partial charge in [0.15, 0.2) is 6.29 Å². The molecule has 52 heavy (non-hydrogen) atoms. The van der Waals surface area contributed by atoms with Crippen LogP contribution in [0.4, 0.5) is 0 Å². The van der Waals surface area contributed by atoms with Crippen molar-refractivity contribution in [3.05, 3.63) is 60.2 Å². The van der Waals surface area contributed by atoms with Gasteiger partial charge in [0.1, 0.15) is 43.2 Å². The molecule has 4 rings (SSSR count). The normalized spacial score (nSPS) is 30.0. The minimum atomic E-state index is -2.80. The molecule has 17 nitrogen and oxygen atoms in total. The highest BCUT2D eigenvalue weighted by Gasteiger charge is 2.57. The van der Waals surface area contributed by atoms with E-state index in [4.69, 9.17) is 25.4 Å². The first kappa shape index (κ1) is 40.7. The molecule has 2 aliphatic heterocycles. The predicted octanol–water partition coefficient (Wildman–Crippen LogP) is -2.99. The first-order chi connectivity index (χ1) is 24.8. The van der Waals surface area contributed by atoms with Crippen LogP contribution in [-0.4, -0.2) is 152 Å². The summed E-state index contributed by atoms with van der Waals surface area (Å²) in [6.45, 7) is -2.54. The van der Waals surface area contributed by atoms with E-state index in [1.165, 1.54) is 0 Å². The third kappa shape index (κ3) is 10.1. The molecule has 0 aromatic heterocycles. The lowest BCUT2D eigenvalue weighted by Gasteiger charge is -2.47. The number of rotatable bonds is 16. The van der Waals surface area contributed by atoms with E-state index < -0.39 is 111 Å². The molecule has 2 amide bonds. The second kappa shape index (κ2) is 18.6. The maximum absolute atomic E-state index is 12.7. The number of aliphatic hydroxyl groups is 7. The van der Waals surface area contributed by atoms with Crippen molar-refractivity contribution in [3.63, 3.8) is 0 Å². The highest BCUT2D eigenvalue weighted by molar-refractivity contribution is 5.79. The van der Waals surface area contributed by atoms with E-state index in [9.17, 15) is 55.2 Å². The minimum absolute atomic E-state index is 0.0850. The lowest BCUT2D eigenvalue weighted by molar-refractivity contribution is -0.338. The molecule has 17 heteroatoms. The van der Waals surface area contributed by atoms with Crippen molar-refractivity contribution in [3.8, 4) is 23.5 Å². The van der Waals surface area contributed by atoms with Crippen LogP contribution in [0.25, 0.3) is 11.1 Å². The molecule has 2 aliphatic rings. The van der Waals surface area contributed by atoms with Crippen molar-refractivity contribution in [2.75, 3.05) is 26.4 Å². The summed E-state index contributed by atoms with van der Waals surface area (Å²) in [5.74, 6) is -3.88. The Morgan fingerprint density at radius 1 is 0.962 bits per heavy atom. The van der Waals surface area contributed by atoms with Crippen LogP contribution < -0.4 is 10.6 Å². The zero-order valence-corrected chi connectivity index (χ0v) is 27.9. The second-order valence-electron chi connectivity index (χ2n) is 12.4. The van der Waals surface area contributed by atoms with Gasteiger partial charge in [-0.1, -0.05) is 54.6 Å². The minimum Gasteiger partial charge on any atom is -0.477 e. The summed E-state index contributed by atoms with van der Waals surface area (Å²) in [7, 11) is 0. The van der Waals surface area contributed by atoms with E-state index in [0.29, 0.717) is 5.56 Å². The Kier molecular flexibility index (Phi) is 14.6. The Labute approximate surface area is 298 Å². The molecule has 284 valence electrons. The van der Waals surface area contributed by atoms with E-state index >= 15 is 0 Å². The van der Waals surface area contributed by atoms with Crippen LogP contribution in [-0.2, 0) is 39.8 Å². The number of aliphatic carboxylic acids is 1. The lowest BCUT2D eigenvalue weighted by Crippen LogP contribution is -2.69. The van der Waals surface area contributed by atoms with Crippen LogP contribution in [0.5, 0.6) is 0 Å². The molecule has 2 saturated heterocycles. The molecule has 0 spiro atoms. The van der Waals surface area contributed by atoms with Crippen molar-refractivity contribution < 1.29 is 74.2 Å². The van der Waals surface area contributed by atoms with Gasteiger partial charge in [0.2, 0.25) is 11.8 Å². The number of nitrogens with one attached hydrogen (secondary N) is 2. The van der Waals surface area contributed by atoms with Crippen LogP contribution in [0.3, 0.4) is 0 Å². The highest BCUT2D eigenvalue weighted by Crippen LogP contribution is 2.35. The fourth-order valence-corrected chi connectivity index (χ4v) is 5.84. The Bertz CT molecular complexity index is 1520. The summed E-state index contributed by atoms with van der Waals surface area (Å²) in [5.41, 5.74) is 2.58. The fourth-order valence-electron chi connectivity index (χ4n) is 5.84. The molecule has 0 bridgehead atoms. The van der Waals surface area contributed by atoms with E-state index in [2.05, 4.69) is 16.6 Å². The third-order valence-electron chi connectivity index (χ3n) is 8.71. The Morgan fingerprint density at radius 3 is 2.27 bits per heavy atom. The number of terminal acetylenes is 1. The van der Waals surface area contributed by atoms with Crippen LogP contribution in [0.15, 0.2) is 54.6 Å². The van der Waals surface area contributed by atoms with Gasteiger partial charge in [0, 0.05) is 19.4 Å². The van der Waals surface area contributed by atoms with E-state index in [-0.39, 0.29) is 19.4 Å². The highest BCUT2D eigenvalue weighted by atomic mass is 16.7. The maximum atomic E-state index is 12.7. The average molecular weight is 733 g/mol. The van der Waals surface area contributed by atoms with Gasteiger partial charge in [-0.05, 0) is 16.7 Å². The number of carbonyl (C=O) groups excluding carboxylic acids is 2. The van der Waals surface area contributed by atoms with E-state index in [0.717, 1.165) is 11.1 Å². The molecule has 0 aliphatic carbocycles. The van der Waals surface area contributed by atoms with Gasteiger partial charge in [0.05, 0.1) is 37.9 Å². The summed E-state index contributed by atoms with van der Waals surface area (Å²) in [4.78, 5) is 37.5. The Morgan fingerprint density at radius 2 is 1.63 bits per heavy atom. The SMILES string of the molecule is C#CCCO[C@@H]1O[C@H](COC2(C(=O)O)C[C@H](O)[C@@H](NC(=O)CO)[C@H]([C@H](O)[C@H](O)CNC(=O)Cc3ccc(-c4ccccc4)cc3)O2)[C@H](O)[C@H](O)[C@H]1O. The molecule has 2 fully saturated rings. The van der Waals surface area contributed by atoms with Gasteiger partial charge < -0.3 is 70.4 Å². The summed E-state index contributed by atoms with van der Waals surface area (Å²) in [5, 5.41) is 88.4. The largest absolute Gasteiger partial charge is 0.477 e. The number of aliphatic hydroxyl groups excluding tert-OH is 7. The summed E-state index contributed by atoms with van der Waals surface area (Å²) in [6, 6.07) is 15.2. The topological polar surface area (TPSA) is 274 Å². The Hall–Kier alpha value is -4.03. The van der Waals surface area contributed by atoms with Gasteiger partial charge in [-0.3, -0.25) is 9.59 Å². The molecule has 1 unspecified atom stereocenters. The number of hydrogen-bond acceptors (Lipinski definition) is 14. The molecule has 0 radical (unpaired) electrons. The molecule has 2 aromatic carbocycles. The smallest absolute Gasteiger partial charge is 0.364 e. The summed E-state index contributed by atoms with van der Waals surface area (Å²) in [6.07, 6.45) is -11.7. The zero-order valence-electron chi connectivity index (χ0n) is 27.9. The van der Waals surface area contributed by atoms with Gasteiger partial charge >= 0.3 is 5.97 Å². The number of ether oxygens (including phenoxy) is 4. The lowest BCUT2D eigenvalue weighted by atomic mass is 9.88. The number of amides is 2. The van der Waals surface area contributed by atoms with Crippen LogP contribution in [0.2, 0.25) is 0 Å². The number of benzene rings is 2. The van der Waals surface area contributed by atoms with Crippen LogP contribution >= 0.6 is 0 Å². The number of carboxylic acids is 1. The average Bonchev–Trinajstić information content (AvgIpc) is 3.14. The predicted molar refractivity (Wildman–Crippen MR) is 178 cm³/mol. The second-order valence-corrected chi connectivity index (χ2v) is 12.4. The van der Waals surface area contributed by atoms with Crippen molar-refractivity contribution in [1.29, 1.82) is 0 Å². The van der Waals surface area contributed by atoms with Gasteiger partial charge in [-0.25, -0.2) is 4.79 Å². The van der Waals surface area contributed by atoms with Crippen LogP contribution in [0, 0.1) is 12.3 Å². The van der Waals surface area contributed by atoms with E-state index in [1.807, 2.05) is 42.5 Å². The van der Waals surface area contributed by atoms with Crippen molar-refractivity contribution in [2.24, 2.45) is 0 Å². The standard InChI is InChI=1S/C35H44N2O15/c1-2-3-13-49-33-31(46)30(45)29(44)24(51-33)18-50-35(34(47)48)15-22(39)27(37-26(42)17-38)32(52-35)28(43)23(40)16-36-25(41)14-19-9-11-21(12-10-19)20-7-5-4-6-8-20/h1,4-12,22-24,27-33,38-40,43-46H,3,13-18H2,(H,36,41)(H,37,42)(H,47,48)/t22-,23+,24+,27+,28+,29-,30-,31+,32+,33+,35?/m0/s1. The summed E-state index contributed by atoms with van der Waals surface area (Å²) < 4.78 is 22.0. The summed E-state index contributed by atoms with van der Waals surface area (Å²) >= 11 is 0.